The summed E-state index contributed by atoms with van der Waals surface area (Å²) in [6.45, 7) is 3.99. The Balaban J connectivity index is 2.35. The summed E-state index contributed by atoms with van der Waals surface area (Å²) in [4.78, 5) is 4.21. The van der Waals surface area contributed by atoms with Crippen LogP contribution in [0.4, 0.5) is 0 Å². The molecule has 0 amide bonds. The van der Waals surface area contributed by atoms with Crippen LogP contribution in [0.1, 0.15) is 19.8 Å². The van der Waals surface area contributed by atoms with Crippen LogP contribution in [0, 0.1) is 0 Å². The highest BCUT2D eigenvalue weighted by atomic mass is 35.5. The molecule has 1 aliphatic rings. The van der Waals surface area contributed by atoms with E-state index in [4.69, 9.17) is 11.6 Å². The van der Waals surface area contributed by atoms with Gasteiger partial charge in [-0.05, 0) is 19.4 Å². The molecular weight excluding hydrogens is 160 g/mol. The Bertz CT molecular complexity index is 185. The van der Waals surface area contributed by atoms with Gasteiger partial charge < -0.3 is 5.32 Å². The van der Waals surface area contributed by atoms with Crippen LogP contribution in [0.15, 0.2) is 16.2 Å². The monoisotopic (exact) mass is 172 g/mol. The average Bonchev–Trinajstić information content (AvgIpc) is 2.04. The first kappa shape index (κ1) is 8.75. The highest BCUT2D eigenvalue weighted by Gasteiger charge is 2.04. The van der Waals surface area contributed by atoms with Gasteiger partial charge in [0.05, 0.1) is 0 Å². The molecule has 2 nitrogen and oxygen atoms in total. The molecule has 0 spiro atoms. The van der Waals surface area contributed by atoms with Gasteiger partial charge in [-0.25, -0.2) is 0 Å². The third kappa shape index (κ3) is 3.04. The van der Waals surface area contributed by atoms with Crippen LogP contribution in [0.2, 0.25) is 0 Å². The summed E-state index contributed by atoms with van der Waals surface area (Å²) in [6, 6.07) is 0. The molecule has 1 rings (SSSR count). The number of allylic oxidation sites excluding steroid dienone is 1. The topological polar surface area (TPSA) is 24.4 Å². The van der Waals surface area contributed by atoms with Gasteiger partial charge in [-0.15, -0.1) is 0 Å². The third-order valence-electron chi connectivity index (χ3n) is 1.62. The smallest absolute Gasteiger partial charge is 0.0413 e. The van der Waals surface area contributed by atoms with Gasteiger partial charge in [0.25, 0.3) is 0 Å². The highest BCUT2D eigenvalue weighted by Crippen LogP contribution is 2.15. The molecule has 0 atom stereocenters. The lowest BCUT2D eigenvalue weighted by atomic mass is 10.1. The van der Waals surface area contributed by atoms with Crippen LogP contribution < -0.4 is 5.32 Å². The predicted molar refractivity (Wildman–Crippen MR) is 49.1 cm³/mol. The quantitative estimate of drug-likeness (QED) is 0.691. The van der Waals surface area contributed by atoms with Gasteiger partial charge >= 0.3 is 0 Å². The standard InChI is InChI=1S/C8H13ClN2/c1-2-10-6-8-4-3-7(9)5-11-8/h5,10H,2-4,6H2,1H3. The van der Waals surface area contributed by atoms with Crippen LogP contribution >= 0.6 is 11.6 Å². The Morgan fingerprint density at radius 2 is 2.45 bits per heavy atom. The fraction of sp³-hybridized carbons (Fsp3) is 0.625. The summed E-state index contributed by atoms with van der Waals surface area (Å²) < 4.78 is 0. The molecule has 0 aromatic rings. The summed E-state index contributed by atoms with van der Waals surface area (Å²) in [5.41, 5.74) is 1.20. The van der Waals surface area contributed by atoms with Crippen LogP contribution in [-0.2, 0) is 0 Å². The van der Waals surface area contributed by atoms with Crippen molar-refractivity contribution in [3.8, 4) is 0 Å². The second-order valence-corrected chi connectivity index (χ2v) is 3.04. The third-order valence-corrected chi connectivity index (χ3v) is 1.91. The number of aliphatic imine (C=N–C) groups is 1. The molecule has 11 heavy (non-hydrogen) atoms. The van der Waals surface area contributed by atoms with Crippen molar-refractivity contribution in [2.45, 2.75) is 19.8 Å². The molecule has 0 aromatic carbocycles. The first-order chi connectivity index (χ1) is 5.33. The van der Waals surface area contributed by atoms with Gasteiger partial charge in [0, 0.05) is 23.5 Å². The SMILES string of the molecule is CCNCC1=NC=C(Cl)CC1. The molecule has 0 aromatic heterocycles. The molecule has 1 heterocycles. The number of nitrogens with zero attached hydrogens (tertiary/aromatic N) is 1. The predicted octanol–water partition coefficient (Wildman–Crippen LogP) is 1.91. The number of rotatable bonds is 3. The lowest BCUT2D eigenvalue weighted by Gasteiger charge is -2.09. The zero-order valence-electron chi connectivity index (χ0n) is 6.73. The average molecular weight is 173 g/mol. The molecule has 1 N–H and O–H groups in total. The first-order valence-corrected chi connectivity index (χ1v) is 4.31. The zero-order chi connectivity index (χ0) is 8.10. The van der Waals surface area contributed by atoms with E-state index in [1.165, 1.54) is 5.71 Å². The number of hydrogen-bond donors (Lipinski definition) is 1. The van der Waals surface area contributed by atoms with E-state index in [9.17, 15) is 0 Å². The number of hydrogen-bond acceptors (Lipinski definition) is 2. The van der Waals surface area contributed by atoms with E-state index in [1.807, 2.05) is 0 Å². The second-order valence-electron chi connectivity index (χ2n) is 2.55. The van der Waals surface area contributed by atoms with Gasteiger partial charge in [0.1, 0.15) is 0 Å². The lowest BCUT2D eigenvalue weighted by molar-refractivity contribution is 0.802. The minimum absolute atomic E-state index is 0.866. The summed E-state index contributed by atoms with van der Waals surface area (Å²) in [7, 11) is 0. The summed E-state index contributed by atoms with van der Waals surface area (Å²) in [5.74, 6) is 0. The molecule has 0 saturated carbocycles. The normalized spacial score (nSPS) is 17.6. The Kier molecular flexibility index (Phi) is 3.60. The Morgan fingerprint density at radius 3 is 3.00 bits per heavy atom. The molecule has 1 aliphatic heterocycles. The van der Waals surface area contributed by atoms with Crippen LogP contribution in [0.5, 0.6) is 0 Å². The van der Waals surface area contributed by atoms with Crippen molar-refractivity contribution in [3.63, 3.8) is 0 Å². The van der Waals surface area contributed by atoms with E-state index >= 15 is 0 Å². The molecule has 0 fully saturated rings. The van der Waals surface area contributed by atoms with Crippen molar-refractivity contribution >= 4 is 17.3 Å². The van der Waals surface area contributed by atoms with Crippen LogP contribution in [-0.4, -0.2) is 18.8 Å². The maximum atomic E-state index is 5.75. The van der Waals surface area contributed by atoms with Gasteiger partial charge in [-0.3, -0.25) is 4.99 Å². The van der Waals surface area contributed by atoms with E-state index in [2.05, 4.69) is 17.2 Å². The lowest BCUT2D eigenvalue weighted by Crippen LogP contribution is -2.23. The Morgan fingerprint density at radius 1 is 1.64 bits per heavy atom. The Hall–Kier alpha value is -0.340. The van der Waals surface area contributed by atoms with Crippen LogP contribution in [0.25, 0.3) is 0 Å². The van der Waals surface area contributed by atoms with E-state index in [-0.39, 0.29) is 0 Å². The molecule has 0 bridgehead atoms. The minimum Gasteiger partial charge on any atom is -0.312 e. The fourth-order valence-electron chi connectivity index (χ4n) is 0.957. The molecule has 0 radical (unpaired) electrons. The molecular formula is C8H13ClN2. The number of halogens is 1. The van der Waals surface area contributed by atoms with Gasteiger partial charge in [-0.2, -0.15) is 0 Å². The van der Waals surface area contributed by atoms with Crippen molar-refractivity contribution in [2.75, 3.05) is 13.1 Å². The van der Waals surface area contributed by atoms with Gasteiger partial charge in [0.2, 0.25) is 0 Å². The van der Waals surface area contributed by atoms with Crippen molar-refractivity contribution in [3.05, 3.63) is 11.2 Å². The molecule has 3 heteroatoms. The van der Waals surface area contributed by atoms with Crippen LogP contribution in [0.3, 0.4) is 0 Å². The van der Waals surface area contributed by atoms with Crippen molar-refractivity contribution in [2.24, 2.45) is 4.99 Å². The van der Waals surface area contributed by atoms with Crippen molar-refractivity contribution in [1.82, 2.24) is 5.32 Å². The largest absolute Gasteiger partial charge is 0.312 e. The molecule has 62 valence electrons. The maximum Gasteiger partial charge on any atom is 0.0413 e. The van der Waals surface area contributed by atoms with Gasteiger partial charge in [0.15, 0.2) is 0 Å². The second kappa shape index (κ2) is 4.52. The maximum absolute atomic E-state index is 5.75. The van der Waals surface area contributed by atoms with Gasteiger partial charge in [-0.1, -0.05) is 18.5 Å². The van der Waals surface area contributed by atoms with E-state index in [1.54, 1.807) is 6.20 Å². The van der Waals surface area contributed by atoms with Crippen molar-refractivity contribution < 1.29 is 0 Å². The Labute approximate surface area is 72.3 Å². The van der Waals surface area contributed by atoms with E-state index < -0.39 is 0 Å². The summed E-state index contributed by atoms with van der Waals surface area (Å²) in [6.07, 6.45) is 3.70. The summed E-state index contributed by atoms with van der Waals surface area (Å²) >= 11 is 5.75. The summed E-state index contributed by atoms with van der Waals surface area (Å²) in [5, 5.41) is 4.10. The first-order valence-electron chi connectivity index (χ1n) is 3.93. The molecule has 0 aliphatic carbocycles. The molecule has 0 unspecified atom stereocenters. The zero-order valence-corrected chi connectivity index (χ0v) is 7.49. The fourth-order valence-corrected chi connectivity index (χ4v) is 1.10. The highest BCUT2D eigenvalue weighted by molar-refractivity contribution is 6.29. The minimum atomic E-state index is 0.866. The number of nitrogens with one attached hydrogen (secondary N) is 1. The molecule has 0 saturated heterocycles. The van der Waals surface area contributed by atoms with E-state index in [0.29, 0.717) is 0 Å². The van der Waals surface area contributed by atoms with E-state index in [0.717, 1.165) is 31.0 Å². The van der Waals surface area contributed by atoms with Crippen molar-refractivity contribution in [1.29, 1.82) is 0 Å².